The molecule has 1 aliphatic heterocycles. The van der Waals surface area contributed by atoms with E-state index in [4.69, 9.17) is 22.1 Å². The van der Waals surface area contributed by atoms with Gasteiger partial charge in [-0.05, 0) is 32.1 Å². The Balaban J connectivity index is 2.18. The van der Waals surface area contributed by atoms with Gasteiger partial charge in [-0.1, -0.05) is 11.6 Å². The van der Waals surface area contributed by atoms with Crippen LogP contribution >= 0.6 is 11.6 Å². The molecule has 1 aliphatic rings. The molecule has 6 nitrogen and oxygen atoms in total. The molecule has 0 aliphatic carbocycles. The zero-order valence-electron chi connectivity index (χ0n) is 12.6. The van der Waals surface area contributed by atoms with Gasteiger partial charge in [0.25, 0.3) is 5.91 Å². The summed E-state index contributed by atoms with van der Waals surface area (Å²) in [5.41, 5.74) is 6.38. The van der Waals surface area contributed by atoms with E-state index in [1.807, 2.05) is 7.05 Å². The van der Waals surface area contributed by atoms with Crippen LogP contribution in [-0.4, -0.2) is 56.5 Å². The molecule has 0 saturated carbocycles. The number of methoxy groups -OCH3 is 1. The summed E-state index contributed by atoms with van der Waals surface area (Å²) in [6.45, 7) is 1.61. The molecule has 1 aromatic carbocycles. The predicted octanol–water partition coefficient (Wildman–Crippen LogP) is 1.18. The van der Waals surface area contributed by atoms with Crippen molar-refractivity contribution in [2.75, 3.05) is 33.0 Å². The zero-order valence-corrected chi connectivity index (χ0v) is 13.4. The number of benzene rings is 1. The number of carbonyl (C=O) groups excluding carboxylic acids is 2. The van der Waals surface area contributed by atoms with E-state index in [1.165, 1.54) is 12.1 Å². The highest BCUT2D eigenvalue weighted by Crippen LogP contribution is 2.23. The van der Waals surface area contributed by atoms with Crippen molar-refractivity contribution in [2.24, 2.45) is 0 Å². The van der Waals surface area contributed by atoms with Crippen LogP contribution in [0.15, 0.2) is 12.1 Å². The van der Waals surface area contributed by atoms with Crippen molar-refractivity contribution in [3.05, 3.63) is 28.3 Å². The number of carbonyl (C=O) groups is 2. The quantitative estimate of drug-likeness (QED) is 0.641. The first-order valence-electron chi connectivity index (χ1n) is 7.02. The van der Waals surface area contributed by atoms with Gasteiger partial charge in [-0.15, -0.1) is 0 Å². The summed E-state index contributed by atoms with van der Waals surface area (Å²) >= 11 is 5.95. The number of anilines is 1. The maximum Gasteiger partial charge on any atom is 0.252 e. The number of halogens is 1. The minimum Gasteiger partial charge on any atom is -0.398 e. The lowest BCUT2D eigenvalue weighted by atomic mass is 10.0. The SMILES string of the molecule is CO[C@H]1CN(C)CC[C@H]1NC(=O)c1cc(Cl)c(N)cc1C=O. The molecular formula is C15H20ClN3O3. The minimum absolute atomic E-state index is 0.0911. The van der Waals surface area contributed by atoms with E-state index in [9.17, 15) is 9.59 Å². The topological polar surface area (TPSA) is 84.7 Å². The number of likely N-dealkylation sites (tertiary alicyclic amines) is 1. The molecule has 22 heavy (non-hydrogen) atoms. The number of ether oxygens (including phenoxy) is 1. The Labute approximate surface area is 134 Å². The van der Waals surface area contributed by atoms with E-state index >= 15 is 0 Å². The van der Waals surface area contributed by atoms with Crippen molar-refractivity contribution in [1.29, 1.82) is 0 Å². The fraction of sp³-hybridized carbons (Fsp3) is 0.467. The molecule has 3 N–H and O–H groups in total. The lowest BCUT2D eigenvalue weighted by molar-refractivity contribution is 0.0142. The fourth-order valence-corrected chi connectivity index (χ4v) is 2.79. The number of aldehydes is 1. The number of piperidine rings is 1. The maximum atomic E-state index is 12.5. The Morgan fingerprint density at radius 3 is 2.91 bits per heavy atom. The monoisotopic (exact) mass is 325 g/mol. The first-order chi connectivity index (χ1) is 10.5. The van der Waals surface area contributed by atoms with E-state index < -0.39 is 0 Å². The van der Waals surface area contributed by atoms with Crippen LogP contribution in [0, 0.1) is 0 Å². The fourth-order valence-electron chi connectivity index (χ4n) is 2.62. The van der Waals surface area contributed by atoms with Gasteiger partial charge in [0.05, 0.1) is 28.4 Å². The molecule has 0 unspecified atom stereocenters. The molecule has 0 radical (unpaired) electrons. The van der Waals surface area contributed by atoms with Crippen molar-refractivity contribution < 1.29 is 14.3 Å². The van der Waals surface area contributed by atoms with Crippen molar-refractivity contribution in [3.8, 4) is 0 Å². The van der Waals surface area contributed by atoms with E-state index in [2.05, 4.69) is 10.2 Å². The van der Waals surface area contributed by atoms with Crippen LogP contribution in [0.5, 0.6) is 0 Å². The third-order valence-corrected chi connectivity index (χ3v) is 4.25. The molecule has 120 valence electrons. The van der Waals surface area contributed by atoms with Gasteiger partial charge in [-0.3, -0.25) is 9.59 Å². The van der Waals surface area contributed by atoms with Gasteiger partial charge in [0.1, 0.15) is 0 Å². The predicted molar refractivity (Wildman–Crippen MR) is 85.4 cm³/mol. The summed E-state index contributed by atoms with van der Waals surface area (Å²) in [5, 5.41) is 3.18. The normalized spacial score (nSPS) is 22.3. The Hall–Kier alpha value is -1.63. The van der Waals surface area contributed by atoms with Gasteiger partial charge in [0, 0.05) is 19.2 Å². The first-order valence-corrected chi connectivity index (χ1v) is 7.40. The number of amides is 1. The van der Waals surface area contributed by atoms with Gasteiger partial charge < -0.3 is 20.7 Å². The second-order valence-corrected chi connectivity index (χ2v) is 5.89. The highest BCUT2D eigenvalue weighted by atomic mass is 35.5. The Morgan fingerprint density at radius 2 is 2.27 bits per heavy atom. The molecule has 1 amide bonds. The molecule has 2 rings (SSSR count). The van der Waals surface area contributed by atoms with Gasteiger partial charge in [-0.25, -0.2) is 0 Å². The molecule has 0 bridgehead atoms. The number of rotatable bonds is 4. The van der Waals surface area contributed by atoms with Gasteiger partial charge in [0.15, 0.2) is 6.29 Å². The van der Waals surface area contributed by atoms with Crippen LogP contribution in [0.1, 0.15) is 27.1 Å². The number of hydrogen-bond donors (Lipinski definition) is 2. The number of hydrogen-bond acceptors (Lipinski definition) is 5. The number of likely N-dealkylation sites (N-methyl/N-ethyl adjacent to an activating group) is 1. The second-order valence-electron chi connectivity index (χ2n) is 5.48. The number of nitrogens with zero attached hydrogens (tertiary/aromatic N) is 1. The third-order valence-electron chi connectivity index (χ3n) is 3.92. The van der Waals surface area contributed by atoms with Crippen LogP contribution in [0.2, 0.25) is 5.02 Å². The first kappa shape index (κ1) is 16.7. The minimum atomic E-state index is -0.347. The lowest BCUT2D eigenvalue weighted by Crippen LogP contribution is -2.53. The standard InChI is InChI=1S/C15H20ClN3O3/c1-19-4-3-13(14(7-19)22-2)18-15(21)10-6-11(16)12(17)5-9(10)8-20/h5-6,8,13-14H,3-4,7,17H2,1-2H3,(H,18,21)/t13-,14+/m1/s1. The molecule has 1 aromatic rings. The molecular weight excluding hydrogens is 306 g/mol. The molecule has 1 heterocycles. The average Bonchev–Trinajstić information content (AvgIpc) is 2.51. The molecule has 1 fully saturated rings. The highest BCUT2D eigenvalue weighted by Gasteiger charge is 2.29. The van der Waals surface area contributed by atoms with Crippen molar-refractivity contribution >= 4 is 29.5 Å². The summed E-state index contributed by atoms with van der Waals surface area (Å²) in [5.74, 6) is -0.347. The highest BCUT2D eigenvalue weighted by molar-refractivity contribution is 6.33. The Bertz CT molecular complexity index is 579. The summed E-state index contributed by atoms with van der Waals surface area (Å²) in [6, 6.07) is 2.73. The van der Waals surface area contributed by atoms with Crippen molar-refractivity contribution in [1.82, 2.24) is 10.2 Å². The largest absolute Gasteiger partial charge is 0.398 e. The van der Waals surface area contributed by atoms with Crippen molar-refractivity contribution in [3.63, 3.8) is 0 Å². The number of nitrogens with one attached hydrogen (secondary N) is 1. The maximum absolute atomic E-state index is 12.5. The van der Waals surface area contributed by atoms with E-state index in [0.29, 0.717) is 6.29 Å². The van der Waals surface area contributed by atoms with Crippen LogP contribution in [-0.2, 0) is 4.74 Å². The van der Waals surface area contributed by atoms with E-state index in [1.54, 1.807) is 7.11 Å². The second kappa shape index (κ2) is 7.09. The van der Waals surface area contributed by atoms with E-state index in [-0.39, 0.29) is 39.9 Å². The molecule has 0 aromatic heterocycles. The summed E-state index contributed by atoms with van der Waals surface area (Å²) in [7, 11) is 3.63. The van der Waals surface area contributed by atoms with Gasteiger partial charge >= 0.3 is 0 Å². The van der Waals surface area contributed by atoms with Crippen LogP contribution in [0.25, 0.3) is 0 Å². The summed E-state index contributed by atoms with van der Waals surface area (Å²) < 4.78 is 5.44. The molecule has 2 atom stereocenters. The lowest BCUT2D eigenvalue weighted by Gasteiger charge is -2.36. The summed E-state index contributed by atoms with van der Waals surface area (Å²) in [4.78, 5) is 25.7. The van der Waals surface area contributed by atoms with Crippen molar-refractivity contribution in [2.45, 2.75) is 18.6 Å². The Kier molecular flexibility index (Phi) is 5.39. The summed E-state index contributed by atoms with van der Waals surface area (Å²) in [6.07, 6.45) is 1.29. The van der Waals surface area contributed by atoms with Gasteiger partial charge in [-0.2, -0.15) is 0 Å². The van der Waals surface area contributed by atoms with Crippen LogP contribution in [0.4, 0.5) is 5.69 Å². The number of nitrogen functional groups attached to an aromatic ring is 1. The van der Waals surface area contributed by atoms with Crippen LogP contribution < -0.4 is 11.1 Å². The number of nitrogens with two attached hydrogens (primary N) is 1. The Morgan fingerprint density at radius 1 is 1.55 bits per heavy atom. The molecule has 0 spiro atoms. The molecule has 7 heteroatoms. The average molecular weight is 326 g/mol. The van der Waals surface area contributed by atoms with Gasteiger partial charge in [0.2, 0.25) is 0 Å². The van der Waals surface area contributed by atoms with Crippen LogP contribution in [0.3, 0.4) is 0 Å². The van der Waals surface area contributed by atoms with E-state index in [0.717, 1.165) is 19.5 Å². The zero-order chi connectivity index (χ0) is 16.3. The molecule has 1 saturated heterocycles. The third kappa shape index (κ3) is 3.58. The smallest absolute Gasteiger partial charge is 0.252 e.